The summed E-state index contributed by atoms with van der Waals surface area (Å²) < 4.78 is 4.95. The number of benzene rings is 1. The van der Waals surface area contributed by atoms with Crippen LogP contribution in [0.25, 0.3) is 0 Å². The maximum absolute atomic E-state index is 11.3. The molecular weight excluding hydrogens is 226 g/mol. The van der Waals surface area contributed by atoms with Gasteiger partial charge in [0.15, 0.2) is 0 Å². The van der Waals surface area contributed by atoms with E-state index in [1.165, 1.54) is 22.4 Å². The lowest BCUT2D eigenvalue weighted by Crippen LogP contribution is -2.17. The predicted octanol–water partition coefficient (Wildman–Crippen LogP) is 2.98. The first kappa shape index (κ1) is 12.9. The molecule has 2 rings (SSSR count). The van der Waals surface area contributed by atoms with Crippen LogP contribution in [0.5, 0.6) is 0 Å². The molecule has 1 aromatic rings. The van der Waals surface area contributed by atoms with E-state index in [-0.39, 0.29) is 5.97 Å². The minimum Gasteiger partial charge on any atom is -0.466 e. The summed E-state index contributed by atoms with van der Waals surface area (Å²) in [5.74, 6) is -0.0943. The van der Waals surface area contributed by atoms with Crippen molar-refractivity contribution in [2.75, 3.05) is 11.9 Å². The number of ether oxygens (including phenoxy) is 1. The van der Waals surface area contributed by atoms with Crippen molar-refractivity contribution in [2.45, 2.75) is 46.1 Å². The van der Waals surface area contributed by atoms with Crippen LogP contribution in [0.2, 0.25) is 0 Å². The molecule has 3 heteroatoms. The van der Waals surface area contributed by atoms with E-state index in [9.17, 15) is 4.79 Å². The van der Waals surface area contributed by atoms with E-state index in [0.29, 0.717) is 19.1 Å². The molecule has 1 N–H and O–H groups in total. The lowest BCUT2D eigenvalue weighted by atomic mass is 10.0. The minimum absolute atomic E-state index is 0.0943. The zero-order chi connectivity index (χ0) is 13.1. The largest absolute Gasteiger partial charge is 0.466 e. The molecule has 1 aliphatic rings. The summed E-state index contributed by atoms with van der Waals surface area (Å²) in [6.45, 7) is 6.57. The Labute approximate surface area is 109 Å². The number of carbonyl (C=O) groups is 1. The summed E-state index contributed by atoms with van der Waals surface area (Å²) >= 11 is 0. The van der Waals surface area contributed by atoms with Crippen LogP contribution in [0.1, 0.15) is 36.5 Å². The van der Waals surface area contributed by atoms with Crippen LogP contribution in [0.4, 0.5) is 5.69 Å². The van der Waals surface area contributed by atoms with Gasteiger partial charge in [0.25, 0.3) is 0 Å². The molecule has 1 aliphatic heterocycles. The van der Waals surface area contributed by atoms with Crippen molar-refractivity contribution in [3.8, 4) is 0 Å². The van der Waals surface area contributed by atoms with Crippen molar-refractivity contribution < 1.29 is 9.53 Å². The van der Waals surface area contributed by atoms with E-state index in [2.05, 4.69) is 31.3 Å². The van der Waals surface area contributed by atoms with Gasteiger partial charge in [-0.3, -0.25) is 4.79 Å². The first-order valence-electron chi connectivity index (χ1n) is 6.62. The molecule has 0 amide bonds. The minimum atomic E-state index is -0.0943. The Morgan fingerprint density at radius 1 is 1.44 bits per heavy atom. The first-order valence-corrected chi connectivity index (χ1v) is 6.62. The lowest BCUT2D eigenvalue weighted by molar-refractivity contribution is -0.143. The number of hydrogen-bond acceptors (Lipinski definition) is 3. The van der Waals surface area contributed by atoms with Gasteiger partial charge in [-0.15, -0.1) is 0 Å². The Balaban J connectivity index is 1.94. The van der Waals surface area contributed by atoms with E-state index in [0.717, 1.165) is 12.8 Å². The number of nitrogens with one attached hydrogen (secondary N) is 1. The van der Waals surface area contributed by atoms with E-state index < -0.39 is 0 Å². The predicted molar refractivity (Wildman–Crippen MR) is 72.9 cm³/mol. The van der Waals surface area contributed by atoms with Gasteiger partial charge in [-0.05, 0) is 56.4 Å². The molecule has 18 heavy (non-hydrogen) atoms. The summed E-state index contributed by atoms with van der Waals surface area (Å²) in [5.41, 5.74) is 5.26. The number of anilines is 1. The van der Waals surface area contributed by atoms with Crippen LogP contribution in [-0.2, 0) is 16.0 Å². The molecule has 1 heterocycles. The van der Waals surface area contributed by atoms with Crippen molar-refractivity contribution in [2.24, 2.45) is 0 Å². The van der Waals surface area contributed by atoms with Gasteiger partial charge in [0, 0.05) is 18.2 Å². The average Bonchev–Trinajstić information content (AvgIpc) is 2.70. The molecule has 0 saturated heterocycles. The Morgan fingerprint density at radius 2 is 2.22 bits per heavy atom. The van der Waals surface area contributed by atoms with Crippen molar-refractivity contribution in [1.82, 2.24) is 0 Å². The average molecular weight is 247 g/mol. The molecule has 0 spiro atoms. The van der Waals surface area contributed by atoms with E-state index in [4.69, 9.17) is 4.74 Å². The third-order valence-corrected chi connectivity index (χ3v) is 3.43. The Morgan fingerprint density at radius 3 is 2.94 bits per heavy atom. The van der Waals surface area contributed by atoms with Gasteiger partial charge in [0.1, 0.15) is 0 Å². The second kappa shape index (κ2) is 5.42. The summed E-state index contributed by atoms with van der Waals surface area (Å²) in [6, 6.07) is 4.77. The number of hydrogen-bond donors (Lipinski definition) is 1. The van der Waals surface area contributed by atoms with Crippen LogP contribution < -0.4 is 5.32 Å². The molecule has 0 aromatic heterocycles. The fourth-order valence-corrected chi connectivity index (χ4v) is 2.61. The van der Waals surface area contributed by atoms with Crippen LogP contribution >= 0.6 is 0 Å². The van der Waals surface area contributed by atoms with Crippen LogP contribution in [0, 0.1) is 13.8 Å². The maximum atomic E-state index is 11.3. The normalized spacial score (nSPS) is 17.2. The highest BCUT2D eigenvalue weighted by Gasteiger charge is 2.22. The van der Waals surface area contributed by atoms with Gasteiger partial charge in [0.05, 0.1) is 6.61 Å². The highest BCUT2D eigenvalue weighted by molar-refractivity contribution is 5.69. The molecule has 0 fully saturated rings. The standard InChI is InChI=1S/C15H21NO2/c1-4-18-15(17)6-5-12-9-13-11(3)7-10(2)8-14(13)16-12/h7-8,12,16H,4-6,9H2,1-3H3. The number of aryl methyl sites for hydroxylation is 2. The third-order valence-electron chi connectivity index (χ3n) is 3.43. The fraction of sp³-hybridized carbons (Fsp3) is 0.533. The van der Waals surface area contributed by atoms with Gasteiger partial charge >= 0.3 is 5.97 Å². The SMILES string of the molecule is CCOC(=O)CCC1Cc2c(C)cc(C)cc2N1. The summed E-state index contributed by atoms with van der Waals surface area (Å²) in [6.07, 6.45) is 2.35. The van der Waals surface area contributed by atoms with E-state index in [1.807, 2.05) is 6.92 Å². The molecule has 98 valence electrons. The van der Waals surface area contributed by atoms with Gasteiger partial charge in [-0.2, -0.15) is 0 Å². The zero-order valence-corrected chi connectivity index (χ0v) is 11.4. The van der Waals surface area contributed by atoms with Crippen molar-refractivity contribution in [3.63, 3.8) is 0 Å². The van der Waals surface area contributed by atoms with E-state index >= 15 is 0 Å². The molecular formula is C15H21NO2. The Bertz CT molecular complexity index is 454. The van der Waals surface area contributed by atoms with E-state index in [1.54, 1.807) is 0 Å². The van der Waals surface area contributed by atoms with Crippen LogP contribution in [-0.4, -0.2) is 18.6 Å². The number of rotatable bonds is 4. The van der Waals surface area contributed by atoms with Crippen molar-refractivity contribution in [1.29, 1.82) is 0 Å². The highest BCUT2D eigenvalue weighted by atomic mass is 16.5. The van der Waals surface area contributed by atoms with Crippen LogP contribution in [0.15, 0.2) is 12.1 Å². The number of esters is 1. The third kappa shape index (κ3) is 2.84. The molecule has 1 aromatic carbocycles. The van der Waals surface area contributed by atoms with Gasteiger partial charge < -0.3 is 10.1 Å². The number of carbonyl (C=O) groups excluding carboxylic acids is 1. The number of fused-ring (bicyclic) bond motifs is 1. The summed E-state index contributed by atoms with van der Waals surface area (Å²) in [7, 11) is 0. The smallest absolute Gasteiger partial charge is 0.305 e. The van der Waals surface area contributed by atoms with Crippen LogP contribution in [0.3, 0.4) is 0 Å². The highest BCUT2D eigenvalue weighted by Crippen LogP contribution is 2.31. The van der Waals surface area contributed by atoms with Crippen molar-refractivity contribution in [3.05, 3.63) is 28.8 Å². The molecule has 0 bridgehead atoms. The molecule has 1 atom stereocenters. The molecule has 1 unspecified atom stereocenters. The Kier molecular flexibility index (Phi) is 3.90. The second-order valence-electron chi connectivity index (χ2n) is 5.00. The molecule has 0 radical (unpaired) electrons. The maximum Gasteiger partial charge on any atom is 0.305 e. The summed E-state index contributed by atoms with van der Waals surface area (Å²) in [5, 5.41) is 3.51. The Hall–Kier alpha value is -1.51. The topological polar surface area (TPSA) is 38.3 Å². The molecule has 0 saturated carbocycles. The van der Waals surface area contributed by atoms with Gasteiger partial charge in [-0.1, -0.05) is 6.07 Å². The quantitative estimate of drug-likeness (QED) is 0.831. The molecule has 0 aliphatic carbocycles. The van der Waals surface area contributed by atoms with Gasteiger partial charge in [-0.25, -0.2) is 0 Å². The second-order valence-corrected chi connectivity index (χ2v) is 5.00. The molecule has 3 nitrogen and oxygen atoms in total. The zero-order valence-electron chi connectivity index (χ0n) is 11.4. The van der Waals surface area contributed by atoms with Gasteiger partial charge in [0.2, 0.25) is 0 Å². The monoisotopic (exact) mass is 247 g/mol. The first-order chi connectivity index (χ1) is 8.60. The summed E-state index contributed by atoms with van der Waals surface area (Å²) in [4.78, 5) is 11.3. The van der Waals surface area contributed by atoms with Crippen molar-refractivity contribution >= 4 is 11.7 Å². The fourth-order valence-electron chi connectivity index (χ4n) is 2.61. The lowest BCUT2D eigenvalue weighted by Gasteiger charge is -2.10.